The van der Waals surface area contributed by atoms with Crippen molar-refractivity contribution in [3.8, 4) is 0 Å². The number of piperidine rings is 1. The number of nitrogens with zero attached hydrogens (tertiary/aromatic N) is 2. The van der Waals surface area contributed by atoms with Gasteiger partial charge in [-0.1, -0.05) is 5.16 Å². The number of benzene rings is 1. The summed E-state index contributed by atoms with van der Waals surface area (Å²) in [5.41, 5.74) is 7.27. The lowest BCUT2D eigenvalue weighted by Gasteiger charge is -2.31. The van der Waals surface area contributed by atoms with Gasteiger partial charge < -0.3 is 20.5 Å². The number of likely N-dealkylation sites (tertiary alicyclic amines) is 1. The van der Waals surface area contributed by atoms with Crippen LogP contribution in [0, 0.1) is 0 Å². The van der Waals surface area contributed by atoms with E-state index in [0.717, 1.165) is 24.2 Å². The molecule has 1 aromatic carbocycles. The number of carbonyl (C=O) groups excluding carboxylic acids is 1. The van der Waals surface area contributed by atoms with Gasteiger partial charge >= 0.3 is 6.03 Å². The standard InChI is InChI=1S/C16H20N4O2S/c1-23-13-4-2-12(3-5-13)18-16(21)20-8-6-11(7-9-20)14-10-15(17)22-19-14/h2-5,10-11H,6-9,17H2,1H3,(H,18,21). The SMILES string of the molecule is CSc1ccc(NC(=O)N2CCC(c3cc(N)on3)CC2)cc1. The van der Waals surface area contributed by atoms with Crippen LogP contribution in [0.2, 0.25) is 0 Å². The highest BCUT2D eigenvalue weighted by Gasteiger charge is 2.25. The van der Waals surface area contributed by atoms with Crippen molar-refractivity contribution in [2.75, 3.05) is 30.4 Å². The van der Waals surface area contributed by atoms with E-state index in [1.807, 2.05) is 35.4 Å². The Morgan fingerprint density at radius 2 is 2.04 bits per heavy atom. The summed E-state index contributed by atoms with van der Waals surface area (Å²) in [4.78, 5) is 15.3. The topological polar surface area (TPSA) is 84.4 Å². The first kappa shape index (κ1) is 15.7. The van der Waals surface area contributed by atoms with Crippen molar-refractivity contribution in [1.82, 2.24) is 10.1 Å². The van der Waals surface area contributed by atoms with Crippen molar-refractivity contribution in [1.29, 1.82) is 0 Å². The van der Waals surface area contributed by atoms with Gasteiger partial charge in [0.2, 0.25) is 5.88 Å². The van der Waals surface area contributed by atoms with Crippen molar-refractivity contribution in [2.24, 2.45) is 0 Å². The van der Waals surface area contributed by atoms with Crippen LogP contribution in [0.5, 0.6) is 0 Å². The second-order valence-corrected chi connectivity index (χ2v) is 6.45. The maximum Gasteiger partial charge on any atom is 0.321 e. The molecule has 3 rings (SSSR count). The van der Waals surface area contributed by atoms with Crippen LogP contribution in [0.1, 0.15) is 24.5 Å². The Balaban J connectivity index is 1.53. The molecule has 0 saturated carbocycles. The Bertz CT molecular complexity index is 663. The highest BCUT2D eigenvalue weighted by molar-refractivity contribution is 7.98. The van der Waals surface area contributed by atoms with Crippen molar-refractivity contribution in [3.05, 3.63) is 36.0 Å². The van der Waals surface area contributed by atoms with E-state index in [1.54, 1.807) is 17.8 Å². The van der Waals surface area contributed by atoms with Gasteiger partial charge in [0.1, 0.15) is 0 Å². The van der Waals surface area contributed by atoms with Gasteiger partial charge in [-0.2, -0.15) is 0 Å². The van der Waals surface area contributed by atoms with E-state index in [2.05, 4.69) is 10.5 Å². The fourth-order valence-corrected chi connectivity index (χ4v) is 3.16. The molecule has 1 fully saturated rings. The molecular formula is C16H20N4O2S. The van der Waals surface area contributed by atoms with Crippen molar-refractivity contribution in [3.63, 3.8) is 0 Å². The maximum atomic E-state index is 12.3. The first-order valence-corrected chi connectivity index (χ1v) is 8.80. The summed E-state index contributed by atoms with van der Waals surface area (Å²) in [5, 5.41) is 6.92. The number of rotatable bonds is 3. The zero-order chi connectivity index (χ0) is 16.2. The minimum Gasteiger partial charge on any atom is -0.368 e. The zero-order valence-corrected chi connectivity index (χ0v) is 13.8. The molecule has 122 valence electrons. The normalized spacial score (nSPS) is 15.6. The number of anilines is 2. The Morgan fingerprint density at radius 1 is 1.35 bits per heavy atom. The molecular weight excluding hydrogens is 312 g/mol. The molecule has 2 amide bonds. The molecule has 1 aliphatic heterocycles. The molecule has 0 radical (unpaired) electrons. The molecule has 2 aromatic rings. The summed E-state index contributed by atoms with van der Waals surface area (Å²) >= 11 is 1.68. The molecule has 7 heteroatoms. The highest BCUT2D eigenvalue weighted by Crippen LogP contribution is 2.28. The molecule has 1 aliphatic rings. The van der Waals surface area contributed by atoms with Gasteiger partial charge in [0.15, 0.2) is 0 Å². The smallest absolute Gasteiger partial charge is 0.321 e. The molecule has 2 heterocycles. The zero-order valence-electron chi connectivity index (χ0n) is 13.0. The van der Waals surface area contributed by atoms with Gasteiger partial charge in [0.25, 0.3) is 0 Å². The fraction of sp³-hybridized carbons (Fsp3) is 0.375. The number of carbonyl (C=O) groups is 1. The summed E-state index contributed by atoms with van der Waals surface area (Å²) in [6.07, 6.45) is 3.76. The number of nitrogen functional groups attached to an aromatic ring is 1. The minimum absolute atomic E-state index is 0.0555. The minimum atomic E-state index is -0.0555. The van der Waals surface area contributed by atoms with E-state index in [0.29, 0.717) is 24.9 Å². The molecule has 3 N–H and O–H groups in total. The number of hydrogen-bond donors (Lipinski definition) is 2. The van der Waals surface area contributed by atoms with E-state index in [9.17, 15) is 4.79 Å². The van der Waals surface area contributed by atoms with Crippen molar-refractivity contribution >= 4 is 29.4 Å². The number of urea groups is 1. The lowest BCUT2D eigenvalue weighted by molar-refractivity contribution is 0.193. The Morgan fingerprint density at radius 3 is 2.61 bits per heavy atom. The lowest BCUT2D eigenvalue weighted by Crippen LogP contribution is -2.40. The van der Waals surface area contributed by atoms with Crippen LogP contribution in [0.3, 0.4) is 0 Å². The van der Waals surface area contributed by atoms with E-state index in [-0.39, 0.29) is 6.03 Å². The van der Waals surface area contributed by atoms with Gasteiger partial charge in [0.05, 0.1) is 5.69 Å². The van der Waals surface area contributed by atoms with Gasteiger partial charge in [-0.3, -0.25) is 0 Å². The van der Waals surface area contributed by atoms with Crippen LogP contribution in [0.4, 0.5) is 16.4 Å². The predicted molar refractivity (Wildman–Crippen MR) is 91.7 cm³/mol. The number of nitrogens with one attached hydrogen (secondary N) is 1. The maximum absolute atomic E-state index is 12.3. The molecule has 0 spiro atoms. The second kappa shape index (κ2) is 6.95. The van der Waals surface area contributed by atoms with Crippen LogP contribution in [-0.4, -0.2) is 35.4 Å². The molecule has 0 unspecified atom stereocenters. The van der Waals surface area contributed by atoms with Crippen LogP contribution in [-0.2, 0) is 0 Å². The summed E-state index contributed by atoms with van der Waals surface area (Å²) < 4.78 is 4.92. The van der Waals surface area contributed by atoms with Crippen molar-refractivity contribution < 1.29 is 9.32 Å². The third-order valence-electron chi connectivity index (χ3n) is 4.09. The molecule has 0 atom stereocenters. The highest BCUT2D eigenvalue weighted by atomic mass is 32.2. The number of aromatic nitrogens is 1. The summed E-state index contributed by atoms with van der Waals surface area (Å²) in [5.74, 6) is 0.648. The van der Waals surface area contributed by atoms with E-state index in [4.69, 9.17) is 10.3 Å². The number of nitrogens with two attached hydrogens (primary N) is 1. The number of hydrogen-bond acceptors (Lipinski definition) is 5. The molecule has 1 saturated heterocycles. The van der Waals surface area contributed by atoms with Crippen LogP contribution < -0.4 is 11.1 Å². The first-order chi connectivity index (χ1) is 11.2. The molecule has 0 aliphatic carbocycles. The van der Waals surface area contributed by atoms with Crippen molar-refractivity contribution in [2.45, 2.75) is 23.7 Å². The quantitative estimate of drug-likeness (QED) is 0.842. The number of amides is 2. The first-order valence-electron chi connectivity index (χ1n) is 7.58. The van der Waals surface area contributed by atoms with E-state index in [1.165, 1.54) is 4.90 Å². The molecule has 0 bridgehead atoms. The number of thioether (sulfide) groups is 1. The van der Waals surface area contributed by atoms with E-state index < -0.39 is 0 Å². The average molecular weight is 332 g/mol. The third-order valence-corrected chi connectivity index (χ3v) is 4.83. The summed E-state index contributed by atoms with van der Waals surface area (Å²) in [6, 6.07) is 9.57. The lowest BCUT2D eigenvalue weighted by atomic mass is 9.94. The molecule has 6 nitrogen and oxygen atoms in total. The van der Waals surface area contributed by atoms with Gasteiger partial charge in [-0.05, 0) is 43.4 Å². The van der Waals surface area contributed by atoms with Crippen LogP contribution >= 0.6 is 11.8 Å². The largest absolute Gasteiger partial charge is 0.368 e. The van der Waals surface area contributed by atoms with E-state index >= 15 is 0 Å². The molecule has 1 aromatic heterocycles. The Labute approximate surface area is 139 Å². The fourth-order valence-electron chi connectivity index (χ4n) is 2.75. The monoisotopic (exact) mass is 332 g/mol. The summed E-state index contributed by atoms with van der Waals surface area (Å²) in [7, 11) is 0. The van der Waals surface area contributed by atoms with Crippen LogP contribution in [0.15, 0.2) is 39.8 Å². The van der Waals surface area contributed by atoms with Gasteiger partial charge in [0, 0.05) is 35.7 Å². The Hall–Kier alpha value is -2.15. The van der Waals surface area contributed by atoms with Crippen LogP contribution in [0.25, 0.3) is 0 Å². The summed E-state index contributed by atoms with van der Waals surface area (Å²) in [6.45, 7) is 1.40. The third kappa shape index (κ3) is 3.79. The van der Waals surface area contributed by atoms with Gasteiger partial charge in [-0.15, -0.1) is 11.8 Å². The average Bonchev–Trinajstić information content (AvgIpc) is 3.02. The second-order valence-electron chi connectivity index (χ2n) is 5.57. The van der Waals surface area contributed by atoms with Gasteiger partial charge in [-0.25, -0.2) is 4.79 Å². The molecule has 23 heavy (non-hydrogen) atoms. The predicted octanol–water partition coefficient (Wildman–Crippen LogP) is 3.39. The Kier molecular flexibility index (Phi) is 4.76.